The van der Waals surface area contributed by atoms with Gasteiger partial charge in [0, 0.05) is 0 Å². The molecule has 0 rings (SSSR count). The van der Waals surface area contributed by atoms with Crippen molar-refractivity contribution in [1.82, 2.24) is 0 Å². The molecule has 2 nitrogen and oxygen atoms in total. The van der Waals surface area contributed by atoms with E-state index in [1.54, 1.807) is 0 Å². The Morgan fingerprint density at radius 3 is 0.917 bits per heavy atom. The minimum atomic E-state index is 1.11. The first-order valence-corrected chi connectivity index (χ1v) is 5.50. The Kier molecular flexibility index (Phi) is 10.8. The van der Waals surface area contributed by atoms with Crippen LogP contribution < -0.4 is 11.5 Å². The van der Waals surface area contributed by atoms with Crippen LogP contribution in [0.2, 0.25) is 0 Å². The lowest BCUT2D eigenvalue weighted by molar-refractivity contribution is -0.369. The summed E-state index contributed by atoms with van der Waals surface area (Å²) in [6.07, 6.45) is 11.1. The van der Waals surface area contributed by atoms with E-state index in [-0.39, 0.29) is 0 Å². The van der Waals surface area contributed by atoms with Gasteiger partial charge in [-0.2, -0.15) is 0 Å². The fraction of sp³-hybridized carbons (Fsp3) is 1.00. The zero-order chi connectivity index (χ0) is 9.07. The second-order valence-electron chi connectivity index (χ2n) is 3.54. The zero-order valence-electron chi connectivity index (χ0n) is 8.49. The Bertz CT molecular complexity index is 64.2. The van der Waals surface area contributed by atoms with Crippen LogP contribution in [-0.2, 0) is 0 Å². The van der Waals surface area contributed by atoms with E-state index in [9.17, 15) is 0 Å². The van der Waals surface area contributed by atoms with Crippen LogP contribution in [0.15, 0.2) is 0 Å². The molecular weight excluding hydrogens is 148 g/mol. The summed E-state index contributed by atoms with van der Waals surface area (Å²) in [4.78, 5) is 0. The maximum Gasteiger partial charge on any atom is 0.0739 e. The molecule has 12 heavy (non-hydrogen) atoms. The molecule has 0 aliphatic heterocycles. The van der Waals surface area contributed by atoms with Crippen LogP contribution in [0, 0.1) is 0 Å². The Labute approximate surface area is 76.7 Å². The molecule has 0 bridgehead atoms. The minimum Gasteiger partial charge on any atom is -0.358 e. The Balaban J connectivity index is 2.73. The lowest BCUT2D eigenvalue weighted by Crippen LogP contribution is -2.50. The normalized spacial score (nSPS) is 10.5. The summed E-state index contributed by atoms with van der Waals surface area (Å²) >= 11 is 0. The minimum absolute atomic E-state index is 1.11. The lowest BCUT2D eigenvalue weighted by Gasteiger charge is -1.98. The molecule has 0 unspecified atom stereocenters. The molecule has 0 aromatic carbocycles. The predicted octanol–water partition coefficient (Wildman–Crippen LogP) is 0.591. The van der Waals surface area contributed by atoms with Crippen LogP contribution in [0.4, 0.5) is 0 Å². The van der Waals surface area contributed by atoms with Crippen LogP contribution >= 0.6 is 0 Å². The average molecular weight is 174 g/mol. The third kappa shape index (κ3) is 9.92. The van der Waals surface area contributed by atoms with Crippen LogP contribution in [0.25, 0.3) is 0 Å². The standard InChI is InChI=1S/C10H24N2/c11-9-7-5-3-1-2-4-6-8-10-12/h1-12H2/p+2. The van der Waals surface area contributed by atoms with Crippen molar-refractivity contribution >= 4 is 0 Å². The average Bonchev–Trinajstić information content (AvgIpc) is 2.10. The van der Waals surface area contributed by atoms with Gasteiger partial charge in [0.2, 0.25) is 0 Å². The summed E-state index contributed by atoms with van der Waals surface area (Å²) < 4.78 is 0. The topological polar surface area (TPSA) is 55.3 Å². The lowest BCUT2D eigenvalue weighted by atomic mass is 10.1. The fourth-order valence-corrected chi connectivity index (χ4v) is 1.41. The van der Waals surface area contributed by atoms with Crippen molar-refractivity contribution in [3.8, 4) is 0 Å². The van der Waals surface area contributed by atoms with Crippen molar-refractivity contribution < 1.29 is 11.5 Å². The second-order valence-corrected chi connectivity index (χ2v) is 3.54. The van der Waals surface area contributed by atoms with Crippen molar-refractivity contribution in [2.24, 2.45) is 0 Å². The summed E-state index contributed by atoms with van der Waals surface area (Å²) in [7, 11) is 0. The summed E-state index contributed by atoms with van der Waals surface area (Å²) in [5.41, 5.74) is 7.67. The molecule has 0 saturated carbocycles. The van der Waals surface area contributed by atoms with Crippen molar-refractivity contribution in [1.29, 1.82) is 0 Å². The van der Waals surface area contributed by atoms with Gasteiger partial charge < -0.3 is 11.5 Å². The Hall–Kier alpha value is -0.0800. The maximum absolute atomic E-state index is 3.84. The van der Waals surface area contributed by atoms with E-state index < -0.39 is 0 Å². The maximum atomic E-state index is 3.84. The highest BCUT2D eigenvalue weighted by Gasteiger charge is 1.91. The molecule has 0 heterocycles. The molecular formula is C10H26N2+2. The van der Waals surface area contributed by atoms with Gasteiger partial charge in [0.1, 0.15) is 0 Å². The first-order valence-electron chi connectivity index (χ1n) is 5.50. The summed E-state index contributed by atoms with van der Waals surface area (Å²) in [6.45, 7) is 2.23. The van der Waals surface area contributed by atoms with Gasteiger partial charge in [-0.25, -0.2) is 0 Å². The third-order valence-corrected chi connectivity index (χ3v) is 2.25. The van der Waals surface area contributed by atoms with Gasteiger partial charge in [0.05, 0.1) is 13.1 Å². The van der Waals surface area contributed by atoms with E-state index in [2.05, 4.69) is 11.5 Å². The highest BCUT2D eigenvalue weighted by Crippen LogP contribution is 2.07. The molecule has 6 N–H and O–H groups in total. The smallest absolute Gasteiger partial charge is 0.0739 e. The number of hydrogen-bond donors (Lipinski definition) is 2. The number of quaternary nitrogens is 2. The van der Waals surface area contributed by atoms with Gasteiger partial charge in [0.15, 0.2) is 0 Å². The van der Waals surface area contributed by atoms with Crippen molar-refractivity contribution in [2.75, 3.05) is 13.1 Å². The highest BCUT2D eigenvalue weighted by molar-refractivity contribution is 4.45. The Morgan fingerprint density at radius 1 is 0.417 bits per heavy atom. The van der Waals surface area contributed by atoms with Gasteiger partial charge in [-0.15, -0.1) is 0 Å². The van der Waals surface area contributed by atoms with Gasteiger partial charge in [-0.05, 0) is 25.7 Å². The molecule has 0 aliphatic rings. The van der Waals surface area contributed by atoms with Crippen molar-refractivity contribution in [2.45, 2.75) is 51.4 Å². The van der Waals surface area contributed by atoms with Crippen LogP contribution in [-0.4, -0.2) is 13.1 Å². The third-order valence-electron chi connectivity index (χ3n) is 2.25. The van der Waals surface area contributed by atoms with E-state index in [4.69, 9.17) is 0 Å². The molecule has 0 amide bonds. The summed E-state index contributed by atoms with van der Waals surface area (Å²) in [5.74, 6) is 0. The monoisotopic (exact) mass is 174 g/mol. The molecule has 0 atom stereocenters. The van der Waals surface area contributed by atoms with E-state index in [1.165, 1.54) is 51.4 Å². The predicted molar refractivity (Wildman–Crippen MR) is 52.4 cm³/mol. The molecule has 0 aromatic heterocycles. The molecule has 0 spiro atoms. The second kappa shape index (κ2) is 10.9. The summed E-state index contributed by atoms with van der Waals surface area (Å²) in [6, 6.07) is 0. The van der Waals surface area contributed by atoms with Crippen molar-refractivity contribution in [3.05, 3.63) is 0 Å². The number of rotatable bonds is 9. The van der Waals surface area contributed by atoms with Gasteiger partial charge in [-0.1, -0.05) is 25.7 Å². The van der Waals surface area contributed by atoms with Gasteiger partial charge in [-0.3, -0.25) is 0 Å². The molecule has 0 aromatic rings. The number of unbranched alkanes of at least 4 members (excludes halogenated alkanes) is 7. The Morgan fingerprint density at radius 2 is 0.667 bits per heavy atom. The highest BCUT2D eigenvalue weighted by atomic mass is 14.5. The molecule has 0 fully saturated rings. The van der Waals surface area contributed by atoms with Crippen molar-refractivity contribution in [3.63, 3.8) is 0 Å². The molecule has 0 aliphatic carbocycles. The SMILES string of the molecule is [NH3+]CCCCCCCCCC[NH3+]. The van der Waals surface area contributed by atoms with Crippen LogP contribution in [0.1, 0.15) is 51.4 Å². The number of hydrogen-bond acceptors (Lipinski definition) is 0. The van der Waals surface area contributed by atoms with Gasteiger partial charge >= 0.3 is 0 Å². The van der Waals surface area contributed by atoms with Crippen LogP contribution in [0.3, 0.4) is 0 Å². The molecule has 0 saturated heterocycles. The van der Waals surface area contributed by atoms with Crippen LogP contribution in [0.5, 0.6) is 0 Å². The molecule has 2 heteroatoms. The molecule has 0 radical (unpaired) electrons. The van der Waals surface area contributed by atoms with Gasteiger partial charge in [0.25, 0.3) is 0 Å². The van der Waals surface area contributed by atoms with E-state index in [0.29, 0.717) is 0 Å². The van der Waals surface area contributed by atoms with E-state index in [1.807, 2.05) is 0 Å². The van der Waals surface area contributed by atoms with E-state index in [0.717, 1.165) is 13.1 Å². The first kappa shape index (κ1) is 11.9. The largest absolute Gasteiger partial charge is 0.358 e. The quantitative estimate of drug-likeness (QED) is 0.481. The first-order chi connectivity index (χ1) is 5.91. The zero-order valence-corrected chi connectivity index (χ0v) is 8.49. The fourth-order valence-electron chi connectivity index (χ4n) is 1.41. The van der Waals surface area contributed by atoms with E-state index >= 15 is 0 Å². The summed E-state index contributed by atoms with van der Waals surface area (Å²) in [5, 5.41) is 0. The molecule has 74 valence electrons.